The Morgan fingerprint density at radius 1 is 1.18 bits per heavy atom. The van der Waals surface area contributed by atoms with Gasteiger partial charge in [0.25, 0.3) is 0 Å². The van der Waals surface area contributed by atoms with Crippen LogP contribution in [0.25, 0.3) is 5.69 Å². The summed E-state index contributed by atoms with van der Waals surface area (Å²) in [6.45, 7) is 6.13. The number of rotatable bonds is 7. The molecule has 0 spiro atoms. The van der Waals surface area contributed by atoms with Crippen LogP contribution in [-0.2, 0) is 4.79 Å². The topological polar surface area (TPSA) is 72.7 Å². The molecule has 0 bridgehead atoms. The van der Waals surface area contributed by atoms with Crippen LogP contribution in [0.3, 0.4) is 0 Å². The van der Waals surface area contributed by atoms with Crippen molar-refractivity contribution in [3.05, 3.63) is 59.1 Å². The normalized spacial score (nSPS) is 13.1. The molecule has 0 aliphatic rings. The van der Waals surface area contributed by atoms with E-state index in [9.17, 15) is 4.79 Å². The maximum Gasteiger partial charge on any atom is 0.237 e. The van der Waals surface area contributed by atoms with Gasteiger partial charge in [-0.05, 0) is 65.6 Å². The van der Waals surface area contributed by atoms with Crippen molar-refractivity contribution < 1.29 is 4.79 Å². The molecule has 3 aromatic rings. The molecule has 0 aliphatic carbocycles. The molecule has 2 atom stereocenters. The lowest BCUT2D eigenvalue weighted by Crippen LogP contribution is -2.23. The minimum atomic E-state index is -0.373. The molecule has 1 amide bonds. The number of amides is 1. The molecule has 3 rings (SSSR count). The van der Waals surface area contributed by atoms with Crippen molar-refractivity contribution in [1.29, 1.82) is 0 Å². The first-order valence-corrected chi connectivity index (χ1v) is 10.4. The van der Waals surface area contributed by atoms with Crippen LogP contribution in [0.4, 0.5) is 5.69 Å². The molecule has 0 saturated carbocycles. The molecule has 0 saturated heterocycles. The van der Waals surface area contributed by atoms with E-state index in [1.807, 2.05) is 37.3 Å². The van der Waals surface area contributed by atoms with E-state index in [0.29, 0.717) is 16.1 Å². The number of thioether (sulfide) groups is 1. The first-order chi connectivity index (χ1) is 13.5. The molecule has 28 heavy (non-hydrogen) atoms. The van der Waals surface area contributed by atoms with Crippen LogP contribution in [0, 0.1) is 0 Å². The van der Waals surface area contributed by atoms with E-state index in [1.165, 1.54) is 11.8 Å². The fourth-order valence-electron chi connectivity index (χ4n) is 2.70. The molecule has 0 unspecified atom stereocenters. The van der Waals surface area contributed by atoms with Crippen molar-refractivity contribution in [1.82, 2.24) is 20.2 Å². The quantitative estimate of drug-likeness (QED) is 0.553. The van der Waals surface area contributed by atoms with Gasteiger partial charge in [0.15, 0.2) is 0 Å². The minimum absolute atomic E-state index is 0.0913. The van der Waals surface area contributed by atoms with Gasteiger partial charge in [0, 0.05) is 10.7 Å². The van der Waals surface area contributed by atoms with Gasteiger partial charge < -0.3 is 5.32 Å². The van der Waals surface area contributed by atoms with Gasteiger partial charge >= 0.3 is 0 Å². The Bertz CT molecular complexity index is 944. The summed E-state index contributed by atoms with van der Waals surface area (Å²) in [7, 11) is 0. The van der Waals surface area contributed by atoms with Gasteiger partial charge in [-0.15, -0.1) is 5.10 Å². The zero-order valence-electron chi connectivity index (χ0n) is 16.0. The summed E-state index contributed by atoms with van der Waals surface area (Å²) < 4.78 is 1.60. The number of hydrogen-bond donors (Lipinski definition) is 1. The second kappa shape index (κ2) is 9.21. The molecule has 2 aromatic carbocycles. The Kier molecular flexibility index (Phi) is 6.70. The standard InChI is InChI=1S/C20H22ClN5OS/c1-4-13(2)17-7-5-6-8-18(17)22-19(27)14(3)28-20-23-24-25-26(20)16-11-9-15(21)10-12-16/h5-14H,4H2,1-3H3,(H,22,27)/t13-,14-/m1/s1. The third-order valence-electron chi connectivity index (χ3n) is 4.53. The number of carbonyl (C=O) groups is 1. The summed E-state index contributed by atoms with van der Waals surface area (Å²) in [6.07, 6.45) is 1.01. The molecule has 146 valence electrons. The van der Waals surface area contributed by atoms with Crippen LogP contribution in [-0.4, -0.2) is 31.4 Å². The average Bonchev–Trinajstić information content (AvgIpc) is 3.16. The molecule has 0 radical (unpaired) electrons. The molecule has 8 heteroatoms. The molecule has 0 aliphatic heterocycles. The maximum atomic E-state index is 12.8. The lowest BCUT2D eigenvalue weighted by atomic mass is 9.97. The smallest absolute Gasteiger partial charge is 0.237 e. The highest BCUT2D eigenvalue weighted by atomic mass is 35.5. The second-order valence-electron chi connectivity index (χ2n) is 6.50. The first-order valence-electron chi connectivity index (χ1n) is 9.10. The van der Waals surface area contributed by atoms with E-state index in [2.05, 4.69) is 40.8 Å². The van der Waals surface area contributed by atoms with Crippen LogP contribution >= 0.6 is 23.4 Å². The van der Waals surface area contributed by atoms with Crippen LogP contribution in [0.5, 0.6) is 0 Å². The summed E-state index contributed by atoms with van der Waals surface area (Å²) in [5.41, 5.74) is 2.78. The van der Waals surface area contributed by atoms with Gasteiger partial charge in [-0.3, -0.25) is 4.79 Å². The first kappa shape index (κ1) is 20.4. The fourth-order valence-corrected chi connectivity index (χ4v) is 3.64. The predicted octanol–water partition coefficient (Wildman–Crippen LogP) is 4.95. The molecule has 1 aromatic heterocycles. The molecular formula is C20H22ClN5OS. The summed E-state index contributed by atoms with van der Waals surface area (Å²) in [6, 6.07) is 15.1. The summed E-state index contributed by atoms with van der Waals surface area (Å²) in [4.78, 5) is 12.8. The SMILES string of the molecule is CC[C@@H](C)c1ccccc1NC(=O)[C@@H](C)Sc1nnnn1-c1ccc(Cl)cc1. The zero-order chi connectivity index (χ0) is 20.1. The van der Waals surface area contributed by atoms with Gasteiger partial charge in [-0.25, -0.2) is 0 Å². The Balaban J connectivity index is 1.73. The Morgan fingerprint density at radius 2 is 1.89 bits per heavy atom. The number of para-hydroxylation sites is 1. The van der Waals surface area contributed by atoms with Crippen LogP contribution in [0.1, 0.15) is 38.7 Å². The molecule has 0 fully saturated rings. The van der Waals surface area contributed by atoms with E-state index < -0.39 is 0 Å². The lowest BCUT2D eigenvalue weighted by molar-refractivity contribution is -0.115. The number of tetrazole rings is 1. The number of anilines is 1. The molecule has 6 nitrogen and oxygen atoms in total. The van der Waals surface area contributed by atoms with E-state index in [-0.39, 0.29) is 11.2 Å². The number of aromatic nitrogens is 4. The number of benzene rings is 2. The highest BCUT2D eigenvalue weighted by Crippen LogP contribution is 2.28. The van der Waals surface area contributed by atoms with E-state index in [1.54, 1.807) is 16.8 Å². The van der Waals surface area contributed by atoms with E-state index in [0.717, 1.165) is 23.4 Å². The number of hydrogen-bond acceptors (Lipinski definition) is 5. The molecule has 1 N–H and O–H groups in total. The summed E-state index contributed by atoms with van der Waals surface area (Å²) >= 11 is 7.25. The van der Waals surface area contributed by atoms with Crippen molar-refractivity contribution in [3.8, 4) is 5.69 Å². The number of halogens is 1. The molecule has 1 heterocycles. The monoisotopic (exact) mass is 415 g/mol. The van der Waals surface area contributed by atoms with Crippen molar-refractivity contribution in [2.75, 3.05) is 5.32 Å². The van der Waals surface area contributed by atoms with Gasteiger partial charge in [-0.1, -0.05) is 55.4 Å². The van der Waals surface area contributed by atoms with Gasteiger partial charge in [0.2, 0.25) is 11.1 Å². The number of carbonyl (C=O) groups excluding carboxylic acids is 1. The van der Waals surface area contributed by atoms with Crippen molar-refractivity contribution in [2.24, 2.45) is 0 Å². The third-order valence-corrected chi connectivity index (χ3v) is 5.81. The van der Waals surface area contributed by atoms with Gasteiger partial charge in [-0.2, -0.15) is 4.68 Å². The van der Waals surface area contributed by atoms with E-state index >= 15 is 0 Å². The number of nitrogens with zero attached hydrogens (tertiary/aromatic N) is 4. The largest absolute Gasteiger partial charge is 0.325 e. The second-order valence-corrected chi connectivity index (χ2v) is 8.24. The summed E-state index contributed by atoms with van der Waals surface area (Å²) in [5.74, 6) is 0.281. The fraction of sp³-hybridized carbons (Fsp3) is 0.300. The highest BCUT2D eigenvalue weighted by molar-refractivity contribution is 8.00. The average molecular weight is 416 g/mol. The minimum Gasteiger partial charge on any atom is -0.325 e. The van der Waals surface area contributed by atoms with Crippen LogP contribution in [0.2, 0.25) is 5.02 Å². The third kappa shape index (κ3) is 4.72. The maximum absolute atomic E-state index is 12.8. The Morgan fingerprint density at radius 3 is 2.61 bits per heavy atom. The van der Waals surface area contributed by atoms with Crippen molar-refractivity contribution in [3.63, 3.8) is 0 Å². The molecular weight excluding hydrogens is 394 g/mol. The van der Waals surface area contributed by atoms with Crippen LogP contribution in [0.15, 0.2) is 53.7 Å². The lowest BCUT2D eigenvalue weighted by Gasteiger charge is -2.17. The Hall–Kier alpha value is -2.38. The predicted molar refractivity (Wildman–Crippen MR) is 113 cm³/mol. The summed E-state index contributed by atoms with van der Waals surface area (Å²) in [5, 5.41) is 15.7. The van der Waals surface area contributed by atoms with E-state index in [4.69, 9.17) is 11.6 Å². The van der Waals surface area contributed by atoms with Crippen molar-refractivity contribution in [2.45, 2.75) is 43.5 Å². The van der Waals surface area contributed by atoms with Crippen molar-refractivity contribution >= 4 is 35.0 Å². The van der Waals surface area contributed by atoms with Gasteiger partial charge in [0.05, 0.1) is 10.9 Å². The highest BCUT2D eigenvalue weighted by Gasteiger charge is 2.20. The Labute approximate surface area is 173 Å². The number of nitrogens with one attached hydrogen (secondary N) is 1. The zero-order valence-corrected chi connectivity index (χ0v) is 17.5. The van der Waals surface area contributed by atoms with Crippen LogP contribution < -0.4 is 5.32 Å². The van der Waals surface area contributed by atoms with Gasteiger partial charge in [0.1, 0.15) is 0 Å².